The zero-order valence-electron chi connectivity index (χ0n) is 15.8. The summed E-state index contributed by atoms with van der Waals surface area (Å²) < 4.78 is 0. The van der Waals surface area contributed by atoms with Crippen LogP contribution in [0.2, 0.25) is 0 Å². The van der Waals surface area contributed by atoms with E-state index in [-0.39, 0.29) is 0 Å². The summed E-state index contributed by atoms with van der Waals surface area (Å²) >= 11 is 0. The van der Waals surface area contributed by atoms with Crippen molar-refractivity contribution in [2.75, 3.05) is 5.32 Å². The Labute approximate surface area is 156 Å². The summed E-state index contributed by atoms with van der Waals surface area (Å²) in [6, 6.07) is 24.5. The molecular formula is C25H27N. The van der Waals surface area contributed by atoms with Crippen molar-refractivity contribution in [1.82, 2.24) is 0 Å². The Morgan fingerprint density at radius 1 is 0.769 bits per heavy atom. The summed E-state index contributed by atoms with van der Waals surface area (Å²) in [4.78, 5) is 0. The maximum absolute atomic E-state index is 3.91. The molecule has 1 unspecified atom stereocenters. The molecule has 1 aliphatic carbocycles. The predicted octanol–water partition coefficient (Wildman–Crippen LogP) is 7.36. The molecule has 0 radical (unpaired) electrons. The highest BCUT2D eigenvalue weighted by molar-refractivity contribution is 5.94. The molecule has 0 heterocycles. The van der Waals surface area contributed by atoms with Gasteiger partial charge in [-0.05, 0) is 46.6 Å². The van der Waals surface area contributed by atoms with E-state index in [1.165, 1.54) is 46.8 Å². The van der Waals surface area contributed by atoms with Crippen LogP contribution < -0.4 is 5.32 Å². The third-order valence-corrected chi connectivity index (χ3v) is 5.44. The zero-order valence-corrected chi connectivity index (χ0v) is 15.8. The van der Waals surface area contributed by atoms with E-state index in [1.54, 1.807) is 11.1 Å². The quantitative estimate of drug-likeness (QED) is 0.494. The Hall–Kier alpha value is -2.54. The molecule has 1 atom stereocenters. The van der Waals surface area contributed by atoms with Crippen LogP contribution in [0.5, 0.6) is 0 Å². The maximum Gasteiger partial charge on any atom is 0.0739 e. The van der Waals surface area contributed by atoms with Gasteiger partial charge in [-0.15, -0.1) is 0 Å². The first-order valence-corrected chi connectivity index (χ1v) is 9.89. The SMILES string of the molecule is CCCC1=C(CCC)C(Nc2cccc3ccccc23)c2ccccc21. The minimum atomic E-state index is 0.290. The van der Waals surface area contributed by atoms with Crippen molar-refractivity contribution in [3.8, 4) is 0 Å². The van der Waals surface area contributed by atoms with Crippen molar-refractivity contribution in [3.05, 3.63) is 83.4 Å². The topological polar surface area (TPSA) is 12.0 Å². The van der Waals surface area contributed by atoms with Crippen molar-refractivity contribution in [2.45, 2.75) is 45.6 Å². The van der Waals surface area contributed by atoms with Gasteiger partial charge in [0, 0.05) is 11.1 Å². The summed E-state index contributed by atoms with van der Waals surface area (Å²) in [5.74, 6) is 0. The molecule has 4 rings (SSSR count). The lowest BCUT2D eigenvalue weighted by molar-refractivity contribution is 0.805. The Morgan fingerprint density at radius 2 is 1.50 bits per heavy atom. The lowest BCUT2D eigenvalue weighted by Crippen LogP contribution is -2.11. The van der Waals surface area contributed by atoms with E-state index in [1.807, 2.05) is 0 Å². The molecule has 0 saturated heterocycles. The van der Waals surface area contributed by atoms with E-state index in [9.17, 15) is 0 Å². The number of benzene rings is 3. The Bertz CT molecular complexity index is 946. The summed E-state index contributed by atoms with van der Waals surface area (Å²) in [5, 5.41) is 6.49. The van der Waals surface area contributed by atoms with Gasteiger partial charge in [0.1, 0.15) is 0 Å². The highest BCUT2D eigenvalue weighted by atomic mass is 14.9. The molecule has 1 heteroatoms. The van der Waals surface area contributed by atoms with E-state index < -0.39 is 0 Å². The van der Waals surface area contributed by atoms with Crippen LogP contribution in [-0.2, 0) is 0 Å². The third-order valence-electron chi connectivity index (χ3n) is 5.44. The minimum Gasteiger partial charge on any atom is -0.374 e. The van der Waals surface area contributed by atoms with Crippen molar-refractivity contribution >= 4 is 22.0 Å². The summed E-state index contributed by atoms with van der Waals surface area (Å²) in [5.41, 5.74) is 7.28. The number of nitrogens with one attached hydrogen (secondary N) is 1. The average Bonchev–Trinajstić information content (AvgIpc) is 2.96. The molecule has 0 spiro atoms. The molecule has 132 valence electrons. The zero-order chi connectivity index (χ0) is 17.9. The second-order valence-corrected chi connectivity index (χ2v) is 7.20. The number of allylic oxidation sites excluding steroid dienone is 1. The molecule has 0 fully saturated rings. The van der Waals surface area contributed by atoms with Gasteiger partial charge in [0.15, 0.2) is 0 Å². The van der Waals surface area contributed by atoms with Gasteiger partial charge < -0.3 is 5.32 Å². The third kappa shape index (κ3) is 2.92. The van der Waals surface area contributed by atoms with E-state index in [4.69, 9.17) is 0 Å². The van der Waals surface area contributed by atoms with E-state index in [0.29, 0.717) is 6.04 Å². The first kappa shape index (κ1) is 16.9. The van der Waals surface area contributed by atoms with Crippen LogP contribution in [0.15, 0.2) is 72.3 Å². The van der Waals surface area contributed by atoms with E-state index >= 15 is 0 Å². The monoisotopic (exact) mass is 341 g/mol. The summed E-state index contributed by atoms with van der Waals surface area (Å²) in [6.45, 7) is 4.57. The van der Waals surface area contributed by atoms with E-state index in [0.717, 1.165) is 6.42 Å². The normalized spacial score (nSPS) is 16.2. The fourth-order valence-electron chi connectivity index (χ4n) is 4.34. The molecule has 0 saturated carbocycles. The lowest BCUT2D eigenvalue weighted by atomic mass is 9.97. The van der Waals surface area contributed by atoms with Crippen LogP contribution in [0, 0.1) is 0 Å². The van der Waals surface area contributed by atoms with Gasteiger partial charge in [0.2, 0.25) is 0 Å². The molecule has 1 N–H and O–H groups in total. The second kappa shape index (κ2) is 7.37. The lowest BCUT2D eigenvalue weighted by Gasteiger charge is -2.21. The molecule has 0 aromatic heterocycles. The molecule has 1 nitrogen and oxygen atoms in total. The number of hydrogen-bond donors (Lipinski definition) is 1. The van der Waals surface area contributed by atoms with Crippen LogP contribution in [0.25, 0.3) is 16.3 Å². The van der Waals surface area contributed by atoms with Gasteiger partial charge in [0.05, 0.1) is 6.04 Å². The van der Waals surface area contributed by atoms with Crippen LogP contribution in [0.1, 0.15) is 56.7 Å². The molecule has 0 aliphatic heterocycles. The molecule has 3 aromatic rings. The fourth-order valence-corrected chi connectivity index (χ4v) is 4.34. The van der Waals surface area contributed by atoms with Gasteiger partial charge in [-0.1, -0.05) is 87.4 Å². The van der Waals surface area contributed by atoms with Gasteiger partial charge in [-0.25, -0.2) is 0 Å². The van der Waals surface area contributed by atoms with Crippen molar-refractivity contribution < 1.29 is 0 Å². The van der Waals surface area contributed by atoms with Crippen LogP contribution >= 0.6 is 0 Å². The molecule has 0 bridgehead atoms. The fraction of sp³-hybridized carbons (Fsp3) is 0.280. The van der Waals surface area contributed by atoms with Crippen molar-refractivity contribution in [3.63, 3.8) is 0 Å². The van der Waals surface area contributed by atoms with Crippen molar-refractivity contribution in [1.29, 1.82) is 0 Å². The van der Waals surface area contributed by atoms with Gasteiger partial charge in [-0.2, -0.15) is 0 Å². The van der Waals surface area contributed by atoms with Crippen LogP contribution in [0.3, 0.4) is 0 Å². The number of rotatable bonds is 6. The first-order chi connectivity index (χ1) is 12.8. The largest absolute Gasteiger partial charge is 0.374 e. The summed E-state index contributed by atoms with van der Waals surface area (Å²) in [7, 11) is 0. The Morgan fingerprint density at radius 3 is 2.35 bits per heavy atom. The van der Waals surface area contributed by atoms with E-state index in [2.05, 4.69) is 85.9 Å². The van der Waals surface area contributed by atoms with Gasteiger partial charge >= 0.3 is 0 Å². The average molecular weight is 341 g/mol. The highest BCUT2D eigenvalue weighted by Gasteiger charge is 2.29. The number of anilines is 1. The summed E-state index contributed by atoms with van der Waals surface area (Å²) in [6.07, 6.45) is 4.70. The second-order valence-electron chi connectivity index (χ2n) is 7.20. The molecule has 1 aliphatic rings. The predicted molar refractivity (Wildman–Crippen MR) is 113 cm³/mol. The minimum absolute atomic E-state index is 0.290. The van der Waals surface area contributed by atoms with Crippen molar-refractivity contribution in [2.24, 2.45) is 0 Å². The Balaban J connectivity index is 1.81. The number of hydrogen-bond acceptors (Lipinski definition) is 1. The first-order valence-electron chi connectivity index (χ1n) is 9.89. The van der Waals surface area contributed by atoms with Gasteiger partial charge in [-0.3, -0.25) is 0 Å². The maximum atomic E-state index is 3.91. The smallest absolute Gasteiger partial charge is 0.0739 e. The molecular weight excluding hydrogens is 314 g/mol. The highest BCUT2D eigenvalue weighted by Crippen LogP contribution is 2.46. The molecule has 0 amide bonds. The molecule has 3 aromatic carbocycles. The van der Waals surface area contributed by atoms with Crippen LogP contribution in [-0.4, -0.2) is 0 Å². The Kier molecular flexibility index (Phi) is 4.79. The van der Waals surface area contributed by atoms with Gasteiger partial charge in [0.25, 0.3) is 0 Å². The van der Waals surface area contributed by atoms with Crippen LogP contribution in [0.4, 0.5) is 5.69 Å². The molecule has 26 heavy (non-hydrogen) atoms. The standard InChI is InChI=1S/C25H27N/c1-3-10-20-21-15-7-8-16-23(21)25(22(20)11-4-2)26-24-17-9-13-18-12-5-6-14-19(18)24/h5-9,12-17,25-26H,3-4,10-11H2,1-2H3. The number of fused-ring (bicyclic) bond motifs is 2.